The number of rotatable bonds is 8. The lowest BCUT2D eigenvalue weighted by molar-refractivity contribution is 0.194. The first-order chi connectivity index (χ1) is 6.65. The average Bonchev–Trinajstić information content (AvgIpc) is 2.16. The van der Waals surface area contributed by atoms with E-state index in [0.717, 1.165) is 12.6 Å². The molecule has 14 heavy (non-hydrogen) atoms. The van der Waals surface area contributed by atoms with Crippen LogP contribution in [-0.2, 0) is 0 Å². The van der Waals surface area contributed by atoms with Crippen molar-refractivity contribution in [2.24, 2.45) is 0 Å². The van der Waals surface area contributed by atoms with Gasteiger partial charge in [0, 0.05) is 25.2 Å². The van der Waals surface area contributed by atoms with E-state index in [1.165, 1.54) is 25.9 Å². The van der Waals surface area contributed by atoms with Crippen LogP contribution >= 0.6 is 0 Å². The fourth-order valence-electron chi connectivity index (χ4n) is 1.90. The maximum atomic E-state index is 3.47. The van der Waals surface area contributed by atoms with Gasteiger partial charge in [-0.1, -0.05) is 34.6 Å². The van der Waals surface area contributed by atoms with Gasteiger partial charge in [0.15, 0.2) is 0 Å². The first-order valence-electron chi connectivity index (χ1n) is 6.13. The molecule has 0 aromatic heterocycles. The Hall–Kier alpha value is -0.0800. The Morgan fingerprint density at radius 1 is 1.07 bits per heavy atom. The second-order valence-corrected chi connectivity index (χ2v) is 4.21. The van der Waals surface area contributed by atoms with Crippen molar-refractivity contribution in [3.8, 4) is 0 Å². The Morgan fingerprint density at radius 3 is 2.00 bits per heavy atom. The van der Waals surface area contributed by atoms with Gasteiger partial charge in [-0.2, -0.15) is 0 Å². The molecule has 0 aliphatic carbocycles. The van der Waals surface area contributed by atoms with Gasteiger partial charge < -0.3 is 5.32 Å². The van der Waals surface area contributed by atoms with Crippen LogP contribution in [0.4, 0.5) is 0 Å². The SMILES string of the molecule is CCC(CC)N(CC)CCNC(C)C. The molecule has 0 heterocycles. The highest BCUT2D eigenvalue weighted by molar-refractivity contribution is 4.69. The van der Waals surface area contributed by atoms with Crippen LogP contribution in [0.2, 0.25) is 0 Å². The third-order valence-corrected chi connectivity index (χ3v) is 2.82. The van der Waals surface area contributed by atoms with Crippen LogP contribution in [-0.4, -0.2) is 36.6 Å². The second kappa shape index (κ2) is 8.25. The Labute approximate surface area is 90.1 Å². The Kier molecular flexibility index (Phi) is 8.20. The second-order valence-electron chi connectivity index (χ2n) is 4.21. The predicted molar refractivity (Wildman–Crippen MR) is 64.8 cm³/mol. The first-order valence-corrected chi connectivity index (χ1v) is 6.13. The van der Waals surface area contributed by atoms with E-state index in [9.17, 15) is 0 Å². The molecule has 86 valence electrons. The molecule has 2 nitrogen and oxygen atoms in total. The molecular weight excluding hydrogens is 172 g/mol. The van der Waals surface area contributed by atoms with Gasteiger partial charge in [-0.15, -0.1) is 0 Å². The molecular formula is C12H28N2. The fourth-order valence-corrected chi connectivity index (χ4v) is 1.90. The van der Waals surface area contributed by atoms with E-state index in [4.69, 9.17) is 0 Å². The van der Waals surface area contributed by atoms with Crippen LogP contribution in [0.1, 0.15) is 47.5 Å². The van der Waals surface area contributed by atoms with Crippen molar-refractivity contribution in [1.82, 2.24) is 10.2 Å². The lowest BCUT2D eigenvalue weighted by Gasteiger charge is -2.29. The monoisotopic (exact) mass is 200 g/mol. The molecule has 1 N–H and O–H groups in total. The summed E-state index contributed by atoms with van der Waals surface area (Å²) in [6, 6.07) is 1.38. The third kappa shape index (κ3) is 5.61. The van der Waals surface area contributed by atoms with Gasteiger partial charge in [0.1, 0.15) is 0 Å². The van der Waals surface area contributed by atoms with Crippen LogP contribution in [0, 0.1) is 0 Å². The Bertz CT molecular complexity index is 119. The van der Waals surface area contributed by atoms with Crippen molar-refractivity contribution in [2.45, 2.75) is 59.5 Å². The van der Waals surface area contributed by atoms with E-state index < -0.39 is 0 Å². The summed E-state index contributed by atoms with van der Waals surface area (Å²) in [6.07, 6.45) is 2.54. The van der Waals surface area contributed by atoms with Crippen molar-refractivity contribution in [2.75, 3.05) is 19.6 Å². The van der Waals surface area contributed by atoms with E-state index >= 15 is 0 Å². The molecule has 0 aromatic carbocycles. The van der Waals surface area contributed by atoms with Crippen molar-refractivity contribution in [1.29, 1.82) is 0 Å². The number of hydrogen-bond donors (Lipinski definition) is 1. The summed E-state index contributed by atoms with van der Waals surface area (Å²) >= 11 is 0. The lowest BCUT2D eigenvalue weighted by Crippen LogP contribution is -2.40. The van der Waals surface area contributed by atoms with E-state index in [-0.39, 0.29) is 0 Å². The van der Waals surface area contributed by atoms with Crippen LogP contribution in [0.15, 0.2) is 0 Å². The third-order valence-electron chi connectivity index (χ3n) is 2.82. The van der Waals surface area contributed by atoms with E-state index in [1.807, 2.05) is 0 Å². The van der Waals surface area contributed by atoms with Crippen molar-refractivity contribution < 1.29 is 0 Å². The number of likely N-dealkylation sites (N-methyl/N-ethyl adjacent to an activating group) is 1. The van der Waals surface area contributed by atoms with Crippen molar-refractivity contribution in [3.05, 3.63) is 0 Å². The maximum absolute atomic E-state index is 3.47. The van der Waals surface area contributed by atoms with Crippen LogP contribution in [0.25, 0.3) is 0 Å². The van der Waals surface area contributed by atoms with Gasteiger partial charge in [-0.25, -0.2) is 0 Å². The van der Waals surface area contributed by atoms with E-state index in [1.54, 1.807) is 0 Å². The molecule has 0 saturated heterocycles. The molecule has 0 atom stereocenters. The van der Waals surface area contributed by atoms with Gasteiger partial charge in [0.2, 0.25) is 0 Å². The highest BCUT2D eigenvalue weighted by Crippen LogP contribution is 2.06. The topological polar surface area (TPSA) is 15.3 Å². The molecule has 0 amide bonds. The zero-order valence-electron chi connectivity index (χ0n) is 10.6. The van der Waals surface area contributed by atoms with E-state index in [0.29, 0.717) is 6.04 Å². The first kappa shape index (κ1) is 13.9. The highest BCUT2D eigenvalue weighted by Gasteiger charge is 2.12. The summed E-state index contributed by atoms with van der Waals surface area (Å²) < 4.78 is 0. The quantitative estimate of drug-likeness (QED) is 0.647. The number of nitrogens with zero attached hydrogens (tertiary/aromatic N) is 1. The van der Waals surface area contributed by atoms with Gasteiger partial charge in [0.05, 0.1) is 0 Å². The molecule has 0 saturated carbocycles. The minimum atomic E-state index is 0.607. The van der Waals surface area contributed by atoms with Crippen LogP contribution in [0.3, 0.4) is 0 Å². The van der Waals surface area contributed by atoms with Gasteiger partial charge in [0.25, 0.3) is 0 Å². The number of nitrogens with one attached hydrogen (secondary N) is 1. The molecule has 0 aliphatic rings. The summed E-state index contributed by atoms with van der Waals surface area (Å²) in [5, 5.41) is 3.47. The zero-order chi connectivity index (χ0) is 11.0. The summed E-state index contributed by atoms with van der Waals surface area (Å²) in [7, 11) is 0. The smallest absolute Gasteiger partial charge is 0.0110 e. The molecule has 0 aromatic rings. The van der Waals surface area contributed by atoms with E-state index in [2.05, 4.69) is 44.8 Å². The molecule has 0 unspecified atom stereocenters. The largest absolute Gasteiger partial charge is 0.313 e. The Morgan fingerprint density at radius 2 is 1.64 bits per heavy atom. The Balaban J connectivity index is 3.77. The summed E-state index contributed by atoms with van der Waals surface area (Å²) in [4.78, 5) is 2.58. The van der Waals surface area contributed by atoms with Crippen molar-refractivity contribution in [3.63, 3.8) is 0 Å². The average molecular weight is 200 g/mol. The molecule has 0 aliphatic heterocycles. The summed E-state index contributed by atoms with van der Waals surface area (Å²) in [6.45, 7) is 14.7. The minimum Gasteiger partial charge on any atom is -0.313 e. The van der Waals surface area contributed by atoms with Crippen LogP contribution in [0.5, 0.6) is 0 Å². The van der Waals surface area contributed by atoms with Gasteiger partial charge >= 0.3 is 0 Å². The molecule has 0 bridgehead atoms. The van der Waals surface area contributed by atoms with Gasteiger partial charge in [-0.05, 0) is 19.4 Å². The molecule has 2 heteroatoms. The maximum Gasteiger partial charge on any atom is 0.0110 e. The summed E-state index contributed by atoms with van der Waals surface area (Å²) in [5.41, 5.74) is 0. The minimum absolute atomic E-state index is 0.607. The molecule has 0 fully saturated rings. The molecule has 0 rings (SSSR count). The summed E-state index contributed by atoms with van der Waals surface area (Å²) in [5.74, 6) is 0. The van der Waals surface area contributed by atoms with Crippen LogP contribution < -0.4 is 5.32 Å². The number of hydrogen-bond acceptors (Lipinski definition) is 2. The molecule has 0 radical (unpaired) electrons. The van der Waals surface area contributed by atoms with Gasteiger partial charge in [-0.3, -0.25) is 4.90 Å². The fraction of sp³-hybridized carbons (Fsp3) is 1.00. The standard InChI is InChI=1S/C12H28N2/c1-6-12(7-2)14(8-3)10-9-13-11(4)5/h11-13H,6-10H2,1-5H3. The van der Waals surface area contributed by atoms with Crippen molar-refractivity contribution >= 4 is 0 Å². The highest BCUT2D eigenvalue weighted by atomic mass is 15.2. The normalized spacial score (nSPS) is 12.0. The predicted octanol–water partition coefficient (Wildman–Crippen LogP) is 2.49. The lowest BCUT2D eigenvalue weighted by atomic mass is 10.1. The zero-order valence-corrected chi connectivity index (χ0v) is 10.6. The molecule has 0 spiro atoms.